The number of nitrogens with zero attached hydrogens (tertiary/aromatic N) is 1. The third-order valence-corrected chi connectivity index (χ3v) is 8.41. The topological polar surface area (TPSA) is 153 Å². The highest BCUT2D eigenvalue weighted by Gasteiger charge is 2.43. The zero-order valence-electron chi connectivity index (χ0n) is 23.5. The lowest BCUT2D eigenvalue weighted by Crippen LogP contribution is -2.56. The van der Waals surface area contributed by atoms with Crippen LogP contribution in [0.4, 0.5) is 0 Å². The molecule has 2 aromatic carbocycles. The van der Waals surface area contributed by atoms with Crippen LogP contribution >= 0.6 is 22.6 Å². The van der Waals surface area contributed by atoms with Gasteiger partial charge in [0.25, 0.3) is 0 Å². The number of aliphatic hydroxyl groups excluding tert-OH is 2. The van der Waals surface area contributed by atoms with Gasteiger partial charge in [0.05, 0.1) is 35.9 Å². The van der Waals surface area contributed by atoms with E-state index in [2.05, 4.69) is 5.32 Å². The number of benzene rings is 2. The van der Waals surface area contributed by atoms with Crippen LogP contribution in [0.25, 0.3) is 0 Å². The normalized spacial score (nSPS) is 22.5. The number of carbonyl (C=O) groups is 3. The Bertz CT molecular complexity index is 1390. The minimum atomic E-state index is -1.25. The minimum absolute atomic E-state index is 0.0348. The summed E-state index contributed by atoms with van der Waals surface area (Å²) < 4.78 is 28.8. The molecular weight excluding hydrogens is 675 g/mol. The fraction of sp³-hybridized carbons (Fsp3) is 0.433. The van der Waals surface area contributed by atoms with E-state index in [0.29, 0.717) is 45.5 Å². The summed E-state index contributed by atoms with van der Waals surface area (Å²) in [7, 11) is 1.44. The molecule has 1 saturated heterocycles. The molecule has 230 valence electrons. The quantitative estimate of drug-likeness (QED) is 0.233. The summed E-state index contributed by atoms with van der Waals surface area (Å²) in [5.41, 5.74) is 1.43. The Balaban J connectivity index is 1.51. The summed E-state index contributed by atoms with van der Waals surface area (Å²) in [5.74, 6) is 0.655. The van der Waals surface area contributed by atoms with Crippen LogP contribution < -0.4 is 24.3 Å². The van der Waals surface area contributed by atoms with Gasteiger partial charge in [0.15, 0.2) is 23.0 Å². The highest BCUT2D eigenvalue weighted by molar-refractivity contribution is 14.1. The molecule has 1 aliphatic carbocycles. The third-order valence-electron chi connectivity index (χ3n) is 7.61. The Morgan fingerprint density at radius 1 is 1.21 bits per heavy atom. The lowest BCUT2D eigenvalue weighted by atomic mass is 9.87. The van der Waals surface area contributed by atoms with Crippen molar-refractivity contribution in [3.05, 3.63) is 56.7 Å². The average Bonchev–Trinajstić information content (AvgIpc) is 3.72. The molecule has 0 radical (unpaired) electrons. The molecule has 4 atom stereocenters. The first-order valence-electron chi connectivity index (χ1n) is 13.9. The maximum Gasteiger partial charge on any atom is 0.247 e. The number of fused-ring (bicyclic) bond motifs is 1. The van der Waals surface area contributed by atoms with Crippen LogP contribution in [-0.2, 0) is 20.9 Å². The van der Waals surface area contributed by atoms with E-state index in [1.807, 2.05) is 28.7 Å². The van der Waals surface area contributed by atoms with Crippen LogP contribution in [-0.4, -0.2) is 91.7 Å². The maximum atomic E-state index is 14.0. The number of aliphatic hydroxyl groups is 2. The summed E-state index contributed by atoms with van der Waals surface area (Å²) in [6.45, 7) is 0.733. The molecule has 2 aromatic rings. The van der Waals surface area contributed by atoms with E-state index in [0.717, 1.165) is 5.56 Å². The summed E-state index contributed by atoms with van der Waals surface area (Å²) in [4.78, 5) is 40.2. The van der Waals surface area contributed by atoms with Crippen LogP contribution in [0.15, 0.2) is 42.0 Å². The summed E-state index contributed by atoms with van der Waals surface area (Å²) in [5, 5.41) is 23.7. The Labute approximate surface area is 262 Å². The zero-order chi connectivity index (χ0) is 30.5. The SMILES string of the molecule is COc1cc(C=O)cc(I)c1OC1C=C(C(=O)NCCO)CC(N(Cc2ccc3c(c2)OCO3)C(=O)C2CCOC2)C1O. The van der Waals surface area contributed by atoms with Gasteiger partial charge < -0.3 is 44.1 Å². The zero-order valence-corrected chi connectivity index (χ0v) is 25.7. The van der Waals surface area contributed by atoms with E-state index in [-0.39, 0.29) is 56.9 Å². The average molecular weight is 709 g/mol. The van der Waals surface area contributed by atoms with Crippen molar-refractivity contribution >= 4 is 40.7 Å². The molecule has 0 spiro atoms. The molecule has 1 fully saturated rings. The van der Waals surface area contributed by atoms with E-state index < -0.39 is 30.1 Å². The van der Waals surface area contributed by atoms with Crippen molar-refractivity contribution in [2.45, 2.75) is 37.6 Å². The monoisotopic (exact) mass is 708 g/mol. The maximum absolute atomic E-state index is 14.0. The van der Waals surface area contributed by atoms with Crippen molar-refractivity contribution < 1.29 is 48.3 Å². The first kappa shape index (κ1) is 31.0. The molecule has 0 aromatic heterocycles. The Kier molecular flexibility index (Phi) is 10.1. The van der Waals surface area contributed by atoms with Crippen molar-refractivity contribution in [3.8, 4) is 23.0 Å². The number of aldehydes is 1. The van der Waals surface area contributed by atoms with E-state index in [9.17, 15) is 24.6 Å². The number of halogens is 1. The van der Waals surface area contributed by atoms with Gasteiger partial charge in [-0.3, -0.25) is 14.4 Å². The largest absolute Gasteiger partial charge is 0.493 e. The molecule has 13 heteroatoms. The van der Waals surface area contributed by atoms with E-state index in [1.165, 1.54) is 19.3 Å². The second-order valence-electron chi connectivity index (χ2n) is 10.4. The van der Waals surface area contributed by atoms with Crippen molar-refractivity contribution in [1.29, 1.82) is 0 Å². The fourth-order valence-corrected chi connectivity index (χ4v) is 6.15. The highest BCUT2D eigenvalue weighted by Crippen LogP contribution is 2.38. The molecule has 12 nitrogen and oxygen atoms in total. The number of rotatable bonds is 11. The van der Waals surface area contributed by atoms with Gasteiger partial charge in [-0.1, -0.05) is 6.07 Å². The highest BCUT2D eigenvalue weighted by atomic mass is 127. The van der Waals surface area contributed by atoms with Crippen LogP contribution in [0, 0.1) is 9.49 Å². The smallest absolute Gasteiger partial charge is 0.247 e. The number of hydrogen-bond acceptors (Lipinski definition) is 10. The second kappa shape index (κ2) is 13.9. The van der Waals surface area contributed by atoms with Gasteiger partial charge in [-0.2, -0.15) is 0 Å². The standard InChI is InChI=1S/C30H33IN2O10/c1-39-26-10-18(14-35)8-21(31)28(26)43-25-12-20(29(37)32-5-6-34)11-22(27(25)36)33(30(38)19-4-7-40-15-19)13-17-2-3-23-24(9-17)42-16-41-23/h2-3,8-10,12,14,19,22,25,27,34,36H,4-7,11,13,15-16H2,1H3,(H,32,37). The van der Waals surface area contributed by atoms with E-state index in [1.54, 1.807) is 23.1 Å². The van der Waals surface area contributed by atoms with E-state index >= 15 is 0 Å². The van der Waals surface area contributed by atoms with Crippen molar-refractivity contribution in [1.82, 2.24) is 10.2 Å². The van der Waals surface area contributed by atoms with Crippen LogP contribution in [0.3, 0.4) is 0 Å². The van der Waals surface area contributed by atoms with E-state index in [4.69, 9.17) is 23.7 Å². The molecule has 2 amide bonds. The first-order chi connectivity index (χ1) is 20.8. The summed E-state index contributed by atoms with van der Waals surface area (Å²) >= 11 is 2.01. The fourth-order valence-electron chi connectivity index (χ4n) is 5.40. The predicted octanol–water partition coefficient (Wildman–Crippen LogP) is 1.82. The van der Waals surface area contributed by atoms with Crippen molar-refractivity contribution in [2.24, 2.45) is 5.92 Å². The van der Waals surface area contributed by atoms with Crippen LogP contribution in [0.2, 0.25) is 0 Å². The lowest BCUT2D eigenvalue weighted by Gasteiger charge is -2.41. The molecule has 4 unspecified atom stereocenters. The number of methoxy groups -OCH3 is 1. The number of nitrogens with one attached hydrogen (secondary N) is 1. The molecule has 3 N–H and O–H groups in total. The molecule has 43 heavy (non-hydrogen) atoms. The Hall–Kier alpha value is -3.40. The van der Waals surface area contributed by atoms with Gasteiger partial charge in [0.1, 0.15) is 18.5 Å². The van der Waals surface area contributed by atoms with Crippen molar-refractivity contribution in [2.75, 3.05) is 40.3 Å². The Morgan fingerprint density at radius 3 is 2.74 bits per heavy atom. The van der Waals surface area contributed by atoms with Gasteiger partial charge in [0, 0.05) is 37.3 Å². The first-order valence-corrected chi connectivity index (χ1v) is 14.9. The van der Waals surface area contributed by atoms with Gasteiger partial charge in [0.2, 0.25) is 18.6 Å². The lowest BCUT2D eigenvalue weighted by molar-refractivity contribution is -0.143. The van der Waals surface area contributed by atoms with Gasteiger partial charge in [-0.15, -0.1) is 0 Å². The van der Waals surface area contributed by atoms with Crippen LogP contribution in [0.5, 0.6) is 23.0 Å². The van der Waals surface area contributed by atoms with Gasteiger partial charge >= 0.3 is 0 Å². The number of hydrogen-bond donors (Lipinski definition) is 3. The third kappa shape index (κ3) is 6.89. The number of carbonyl (C=O) groups excluding carboxylic acids is 3. The Morgan fingerprint density at radius 2 is 2.02 bits per heavy atom. The van der Waals surface area contributed by atoms with Gasteiger partial charge in [-0.05, 0) is 64.9 Å². The molecule has 3 aliphatic rings. The number of amides is 2. The predicted molar refractivity (Wildman–Crippen MR) is 160 cm³/mol. The molecular formula is C30H33IN2O10. The minimum Gasteiger partial charge on any atom is -0.493 e. The van der Waals surface area contributed by atoms with Crippen molar-refractivity contribution in [3.63, 3.8) is 0 Å². The number of ether oxygens (including phenoxy) is 5. The molecule has 0 saturated carbocycles. The van der Waals surface area contributed by atoms with Gasteiger partial charge in [-0.25, -0.2) is 0 Å². The molecule has 2 heterocycles. The molecule has 5 rings (SSSR count). The van der Waals surface area contributed by atoms with Crippen LogP contribution in [0.1, 0.15) is 28.8 Å². The molecule has 2 aliphatic heterocycles. The second-order valence-corrected chi connectivity index (χ2v) is 11.5. The molecule has 0 bridgehead atoms. The summed E-state index contributed by atoms with van der Waals surface area (Å²) in [6.07, 6.45) is 0.484. The summed E-state index contributed by atoms with van der Waals surface area (Å²) in [6, 6.07) is 7.67.